The van der Waals surface area contributed by atoms with Crippen molar-refractivity contribution >= 4 is 16.7 Å². The third kappa shape index (κ3) is 4.13. The van der Waals surface area contributed by atoms with Gasteiger partial charge in [-0.2, -0.15) is 5.10 Å². The number of amides is 1. The average Bonchev–Trinajstić information content (AvgIpc) is 3.31. The van der Waals surface area contributed by atoms with Crippen molar-refractivity contribution in [3.05, 3.63) is 72.6 Å². The SMILES string of the molecule is CNC(=O)C1CN(Cc2ccc3cc(Oc4ccc(-c5ccn[nH]5)cn4)ccc3c2)C1. The molecule has 0 spiro atoms. The molecule has 4 aromatic rings. The predicted octanol–water partition coefficient (Wildman–Crippen LogP) is 3.60. The normalized spacial score (nSPS) is 14.4. The summed E-state index contributed by atoms with van der Waals surface area (Å²) in [5.74, 6) is 1.54. The molecule has 156 valence electrons. The number of carbonyl (C=O) groups is 1. The number of hydrogen-bond acceptors (Lipinski definition) is 5. The lowest BCUT2D eigenvalue weighted by Gasteiger charge is -2.38. The van der Waals surface area contributed by atoms with Gasteiger partial charge in [-0.05, 0) is 46.7 Å². The average molecular weight is 413 g/mol. The van der Waals surface area contributed by atoms with E-state index in [1.54, 1.807) is 19.4 Å². The molecule has 3 heterocycles. The first kappa shape index (κ1) is 19.3. The third-order valence-corrected chi connectivity index (χ3v) is 5.63. The van der Waals surface area contributed by atoms with Gasteiger partial charge in [0.25, 0.3) is 0 Å². The number of benzene rings is 2. The third-order valence-electron chi connectivity index (χ3n) is 5.63. The monoisotopic (exact) mass is 413 g/mol. The molecule has 0 unspecified atom stereocenters. The van der Waals surface area contributed by atoms with E-state index in [0.717, 1.165) is 47.4 Å². The van der Waals surface area contributed by atoms with Gasteiger partial charge in [0, 0.05) is 50.7 Å². The highest BCUT2D eigenvalue weighted by Gasteiger charge is 2.31. The van der Waals surface area contributed by atoms with Crippen LogP contribution in [0.1, 0.15) is 5.56 Å². The molecule has 1 aliphatic heterocycles. The fourth-order valence-corrected chi connectivity index (χ4v) is 3.90. The molecule has 0 saturated carbocycles. The Bertz CT molecular complexity index is 1200. The number of rotatable bonds is 6. The van der Waals surface area contributed by atoms with Gasteiger partial charge in [-0.3, -0.25) is 14.8 Å². The number of carbonyl (C=O) groups excluding carboxylic acids is 1. The molecule has 2 aromatic heterocycles. The smallest absolute Gasteiger partial charge is 0.225 e. The van der Waals surface area contributed by atoms with E-state index in [9.17, 15) is 4.79 Å². The Morgan fingerprint density at radius 1 is 1.13 bits per heavy atom. The lowest BCUT2D eigenvalue weighted by molar-refractivity contribution is -0.129. The zero-order valence-corrected chi connectivity index (χ0v) is 17.2. The molecule has 0 aliphatic carbocycles. The van der Waals surface area contributed by atoms with Crippen molar-refractivity contribution in [2.75, 3.05) is 20.1 Å². The highest BCUT2D eigenvalue weighted by Crippen LogP contribution is 2.27. The Balaban J connectivity index is 1.24. The van der Waals surface area contributed by atoms with Crippen LogP contribution in [0.4, 0.5) is 0 Å². The minimum absolute atomic E-state index is 0.118. The summed E-state index contributed by atoms with van der Waals surface area (Å²) in [7, 11) is 1.69. The second-order valence-electron chi connectivity index (χ2n) is 7.81. The van der Waals surface area contributed by atoms with Crippen LogP contribution < -0.4 is 10.1 Å². The van der Waals surface area contributed by atoms with Gasteiger partial charge in [0.05, 0.1) is 11.6 Å². The zero-order chi connectivity index (χ0) is 21.2. The van der Waals surface area contributed by atoms with E-state index in [4.69, 9.17) is 4.74 Å². The van der Waals surface area contributed by atoms with Crippen LogP contribution in [0, 0.1) is 5.92 Å². The lowest BCUT2D eigenvalue weighted by Crippen LogP contribution is -2.52. The summed E-state index contributed by atoms with van der Waals surface area (Å²) in [5.41, 5.74) is 3.12. The standard InChI is InChI=1S/C24H23N5O2/c1-25-24(30)20-14-29(15-20)13-16-2-3-18-11-21(6-4-17(18)10-16)31-23-7-5-19(12-26-23)22-8-9-27-28-22/h2-12,20H,13-15H2,1H3,(H,25,30)(H,27,28). The van der Waals surface area contributed by atoms with Gasteiger partial charge in [-0.25, -0.2) is 4.98 Å². The molecule has 1 aliphatic rings. The summed E-state index contributed by atoms with van der Waals surface area (Å²) in [6, 6.07) is 18.2. The first-order valence-electron chi connectivity index (χ1n) is 10.3. The lowest BCUT2D eigenvalue weighted by atomic mass is 9.98. The summed E-state index contributed by atoms with van der Waals surface area (Å²) in [5, 5.41) is 11.9. The number of fused-ring (bicyclic) bond motifs is 1. The molecule has 0 bridgehead atoms. The molecule has 1 fully saturated rings. The molecular weight excluding hydrogens is 390 g/mol. The molecular formula is C24H23N5O2. The van der Waals surface area contributed by atoms with Crippen LogP contribution in [0.3, 0.4) is 0 Å². The van der Waals surface area contributed by atoms with Crippen LogP contribution in [-0.2, 0) is 11.3 Å². The minimum Gasteiger partial charge on any atom is -0.439 e. The van der Waals surface area contributed by atoms with Crippen molar-refractivity contribution in [3.8, 4) is 22.9 Å². The summed E-state index contributed by atoms with van der Waals surface area (Å²) < 4.78 is 5.94. The van der Waals surface area contributed by atoms with E-state index in [2.05, 4.69) is 49.7 Å². The van der Waals surface area contributed by atoms with Gasteiger partial charge in [-0.15, -0.1) is 0 Å². The fourth-order valence-electron chi connectivity index (χ4n) is 3.90. The molecule has 1 saturated heterocycles. The Morgan fingerprint density at radius 3 is 2.71 bits per heavy atom. The number of likely N-dealkylation sites (tertiary alicyclic amines) is 1. The summed E-state index contributed by atoms with van der Waals surface area (Å²) in [4.78, 5) is 18.3. The van der Waals surface area contributed by atoms with E-state index in [1.807, 2.05) is 30.3 Å². The van der Waals surface area contributed by atoms with Gasteiger partial charge >= 0.3 is 0 Å². The number of hydrogen-bond donors (Lipinski definition) is 2. The van der Waals surface area contributed by atoms with Crippen molar-refractivity contribution in [2.45, 2.75) is 6.54 Å². The quantitative estimate of drug-likeness (QED) is 0.505. The topological polar surface area (TPSA) is 83.1 Å². The molecule has 2 aromatic carbocycles. The van der Waals surface area contributed by atoms with Crippen LogP contribution in [0.15, 0.2) is 67.0 Å². The molecule has 2 N–H and O–H groups in total. The van der Waals surface area contributed by atoms with Crippen LogP contribution in [0.2, 0.25) is 0 Å². The minimum atomic E-state index is 0.118. The van der Waals surface area contributed by atoms with Gasteiger partial charge in [0.1, 0.15) is 5.75 Å². The van der Waals surface area contributed by atoms with Crippen molar-refractivity contribution < 1.29 is 9.53 Å². The van der Waals surface area contributed by atoms with Gasteiger partial charge in [0.2, 0.25) is 11.8 Å². The van der Waals surface area contributed by atoms with Crippen LogP contribution in [-0.4, -0.2) is 46.1 Å². The highest BCUT2D eigenvalue weighted by atomic mass is 16.5. The van der Waals surface area contributed by atoms with Crippen LogP contribution in [0.25, 0.3) is 22.0 Å². The molecule has 31 heavy (non-hydrogen) atoms. The van der Waals surface area contributed by atoms with Gasteiger partial charge in [-0.1, -0.05) is 18.2 Å². The van der Waals surface area contributed by atoms with Crippen molar-refractivity contribution in [1.29, 1.82) is 0 Å². The van der Waals surface area contributed by atoms with Gasteiger partial charge < -0.3 is 10.1 Å². The number of aromatic amines is 1. The first-order chi connectivity index (χ1) is 15.2. The first-order valence-corrected chi connectivity index (χ1v) is 10.3. The fraction of sp³-hybridized carbons (Fsp3) is 0.208. The Labute approximate surface area is 180 Å². The van der Waals surface area contributed by atoms with E-state index in [-0.39, 0.29) is 11.8 Å². The van der Waals surface area contributed by atoms with Crippen molar-refractivity contribution in [3.63, 3.8) is 0 Å². The van der Waals surface area contributed by atoms with Crippen molar-refractivity contribution in [1.82, 2.24) is 25.4 Å². The number of H-pyrrole nitrogens is 1. The maximum atomic E-state index is 11.6. The Kier molecular flexibility index (Phi) is 5.09. The van der Waals surface area contributed by atoms with E-state index in [0.29, 0.717) is 5.88 Å². The largest absolute Gasteiger partial charge is 0.439 e. The summed E-state index contributed by atoms with van der Waals surface area (Å²) in [6.45, 7) is 2.49. The Morgan fingerprint density at radius 2 is 1.97 bits per heavy atom. The molecule has 1 amide bonds. The number of pyridine rings is 1. The summed E-state index contributed by atoms with van der Waals surface area (Å²) >= 11 is 0. The predicted molar refractivity (Wildman–Crippen MR) is 119 cm³/mol. The number of nitrogens with zero attached hydrogens (tertiary/aromatic N) is 3. The number of aromatic nitrogens is 3. The maximum absolute atomic E-state index is 11.6. The van der Waals surface area contributed by atoms with Crippen LogP contribution in [0.5, 0.6) is 11.6 Å². The molecule has 7 nitrogen and oxygen atoms in total. The van der Waals surface area contributed by atoms with E-state index < -0.39 is 0 Å². The zero-order valence-electron chi connectivity index (χ0n) is 17.2. The molecule has 0 radical (unpaired) electrons. The Hall–Kier alpha value is -3.71. The maximum Gasteiger partial charge on any atom is 0.225 e. The van der Waals surface area contributed by atoms with Gasteiger partial charge in [0.15, 0.2) is 0 Å². The van der Waals surface area contributed by atoms with Crippen LogP contribution >= 0.6 is 0 Å². The number of nitrogens with one attached hydrogen (secondary N) is 2. The second kappa shape index (κ2) is 8.20. The summed E-state index contributed by atoms with van der Waals surface area (Å²) in [6.07, 6.45) is 3.48. The molecule has 0 atom stereocenters. The number of ether oxygens (including phenoxy) is 1. The highest BCUT2D eigenvalue weighted by molar-refractivity contribution is 5.84. The second-order valence-corrected chi connectivity index (χ2v) is 7.81. The van der Waals surface area contributed by atoms with E-state index in [1.165, 1.54) is 5.56 Å². The molecule has 7 heteroatoms. The van der Waals surface area contributed by atoms with Crippen molar-refractivity contribution in [2.24, 2.45) is 5.92 Å². The van der Waals surface area contributed by atoms with E-state index >= 15 is 0 Å². The molecule has 5 rings (SSSR count).